The molecule has 0 aliphatic heterocycles. The zero-order valence-corrected chi connectivity index (χ0v) is 23.3. The SMILES string of the molecule is CC[C@H](C(=O)NC)N(Cc1ccc(OC)cc1)C(=O)CN(c1cccc(C)c1C)S(=O)(=O)c1ccccc1. The first-order valence-electron chi connectivity index (χ1n) is 12.4. The van der Waals surface area contributed by atoms with Gasteiger partial charge in [0.15, 0.2) is 0 Å². The van der Waals surface area contributed by atoms with Crippen LogP contribution in [0.1, 0.15) is 30.0 Å². The number of likely N-dealkylation sites (N-methyl/N-ethyl adjacent to an activating group) is 1. The minimum atomic E-state index is -4.09. The molecule has 2 amide bonds. The summed E-state index contributed by atoms with van der Waals surface area (Å²) in [6.45, 7) is 5.20. The minimum Gasteiger partial charge on any atom is -0.497 e. The van der Waals surface area contributed by atoms with Crippen LogP contribution in [0.2, 0.25) is 0 Å². The molecule has 0 aliphatic rings. The first kappa shape index (κ1) is 28.7. The predicted molar refractivity (Wildman–Crippen MR) is 149 cm³/mol. The molecule has 202 valence electrons. The van der Waals surface area contributed by atoms with E-state index in [-0.39, 0.29) is 17.3 Å². The summed E-state index contributed by atoms with van der Waals surface area (Å²) in [5.74, 6) is -0.143. The van der Waals surface area contributed by atoms with Crippen molar-refractivity contribution >= 4 is 27.5 Å². The molecule has 1 atom stereocenters. The molecule has 0 fully saturated rings. The van der Waals surface area contributed by atoms with Crippen molar-refractivity contribution in [1.29, 1.82) is 0 Å². The quantitative estimate of drug-likeness (QED) is 0.398. The number of anilines is 1. The van der Waals surface area contributed by atoms with E-state index in [1.807, 2.05) is 39.0 Å². The number of hydrogen-bond donors (Lipinski definition) is 1. The summed E-state index contributed by atoms with van der Waals surface area (Å²) < 4.78 is 34.1. The molecular weight excluding hydrogens is 502 g/mol. The number of sulfonamides is 1. The maximum atomic E-state index is 14.0. The van der Waals surface area contributed by atoms with E-state index in [0.717, 1.165) is 21.0 Å². The van der Waals surface area contributed by atoms with Gasteiger partial charge >= 0.3 is 0 Å². The van der Waals surface area contributed by atoms with Crippen molar-refractivity contribution in [3.63, 3.8) is 0 Å². The molecule has 0 radical (unpaired) electrons. The van der Waals surface area contributed by atoms with Gasteiger partial charge in [-0.1, -0.05) is 49.4 Å². The Morgan fingerprint density at radius 1 is 0.947 bits per heavy atom. The summed E-state index contributed by atoms with van der Waals surface area (Å²) in [4.78, 5) is 28.3. The van der Waals surface area contributed by atoms with E-state index in [1.54, 1.807) is 49.6 Å². The van der Waals surface area contributed by atoms with Gasteiger partial charge in [0.25, 0.3) is 10.0 Å². The van der Waals surface area contributed by atoms with Crippen LogP contribution in [0.3, 0.4) is 0 Å². The smallest absolute Gasteiger partial charge is 0.264 e. The van der Waals surface area contributed by atoms with Crippen molar-refractivity contribution in [1.82, 2.24) is 10.2 Å². The molecule has 0 aliphatic carbocycles. The van der Waals surface area contributed by atoms with Crippen LogP contribution in [-0.2, 0) is 26.2 Å². The molecule has 0 unspecified atom stereocenters. The van der Waals surface area contributed by atoms with Gasteiger partial charge in [0, 0.05) is 13.6 Å². The number of hydrogen-bond acceptors (Lipinski definition) is 5. The first-order valence-corrected chi connectivity index (χ1v) is 13.9. The van der Waals surface area contributed by atoms with Crippen molar-refractivity contribution in [3.05, 3.63) is 89.5 Å². The number of aryl methyl sites for hydroxylation is 1. The highest BCUT2D eigenvalue weighted by Crippen LogP contribution is 2.29. The maximum absolute atomic E-state index is 14.0. The summed E-state index contributed by atoms with van der Waals surface area (Å²) in [7, 11) is -1.01. The highest BCUT2D eigenvalue weighted by Gasteiger charge is 2.34. The Hall–Kier alpha value is -3.85. The molecule has 3 aromatic rings. The third kappa shape index (κ3) is 6.34. The number of carbonyl (C=O) groups is 2. The van der Waals surface area contributed by atoms with Gasteiger partial charge in [-0.25, -0.2) is 8.42 Å². The number of benzene rings is 3. The zero-order chi connectivity index (χ0) is 27.9. The summed E-state index contributed by atoms with van der Waals surface area (Å²) in [5, 5.41) is 2.63. The number of ether oxygens (including phenoxy) is 1. The number of nitrogens with one attached hydrogen (secondary N) is 1. The number of methoxy groups -OCH3 is 1. The van der Waals surface area contributed by atoms with Crippen LogP contribution in [0, 0.1) is 13.8 Å². The molecular formula is C29H35N3O5S. The predicted octanol–water partition coefficient (Wildman–Crippen LogP) is 4.06. The van der Waals surface area contributed by atoms with Crippen molar-refractivity contribution in [2.24, 2.45) is 0 Å². The summed E-state index contributed by atoms with van der Waals surface area (Å²) in [6.07, 6.45) is 0.358. The van der Waals surface area contributed by atoms with Gasteiger partial charge in [-0.05, 0) is 67.3 Å². The largest absolute Gasteiger partial charge is 0.497 e. The Kier molecular flexibility index (Phi) is 9.52. The Morgan fingerprint density at radius 2 is 1.61 bits per heavy atom. The first-order chi connectivity index (χ1) is 18.1. The molecule has 0 spiro atoms. The monoisotopic (exact) mass is 537 g/mol. The van der Waals surface area contributed by atoms with Crippen LogP contribution in [0.25, 0.3) is 0 Å². The highest BCUT2D eigenvalue weighted by molar-refractivity contribution is 7.92. The van der Waals surface area contributed by atoms with E-state index >= 15 is 0 Å². The molecule has 0 saturated carbocycles. The van der Waals surface area contributed by atoms with Gasteiger partial charge in [0.1, 0.15) is 18.3 Å². The fourth-order valence-electron chi connectivity index (χ4n) is 4.25. The Bertz CT molecular complexity index is 1360. The molecule has 9 heteroatoms. The number of nitrogens with zero attached hydrogens (tertiary/aromatic N) is 2. The van der Waals surface area contributed by atoms with Gasteiger partial charge in [-0.2, -0.15) is 0 Å². The third-order valence-corrected chi connectivity index (χ3v) is 8.37. The molecule has 1 N–H and O–H groups in total. The summed E-state index contributed by atoms with van der Waals surface area (Å²) in [6, 6.07) is 19.8. The van der Waals surface area contributed by atoms with Crippen LogP contribution in [0.5, 0.6) is 5.75 Å². The summed E-state index contributed by atoms with van der Waals surface area (Å²) in [5.41, 5.74) is 2.85. The standard InChI is InChI=1S/C29H35N3O5S/c1-6-26(29(34)30-4)31(19-23-15-17-24(37-5)18-16-23)28(33)20-32(27-14-10-11-21(2)22(27)3)38(35,36)25-12-8-7-9-13-25/h7-18,26H,6,19-20H2,1-5H3,(H,30,34)/t26-/m1/s1. The number of amides is 2. The van der Waals surface area contributed by atoms with Gasteiger partial charge in [0.2, 0.25) is 11.8 Å². The van der Waals surface area contributed by atoms with Gasteiger partial charge in [-0.3, -0.25) is 13.9 Å². The second kappa shape index (κ2) is 12.6. The molecule has 3 aromatic carbocycles. The topological polar surface area (TPSA) is 96.0 Å². The second-order valence-corrected chi connectivity index (χ2v) is 10.8. The van der Waals surface area contributed by atoms with E-state index < -0.39 is 28.5 Å². The van der Waals surface area contributed by atoms with E-state index in [4.69, 9.17) is 4.74 Å². The van der Waals surface area contributed by atoms with E-state index in [1.165, 1.54) is 24.1 Å². The van der Waals surface area contributed by atoms with Crippen molar-refractivity contribution in [3.8, 4) is 5.75 Å². The Morgan fingerprint density at radius 3 is 2.18 bits per heavy atom. The van der Waals surface area contributed by atoms with Gasteiger partial charge in [0.05, 0.1) is 17.7 Å². The Labute approximate surface area is 225 Å². The maximum Gasteiger partial charge on any atom is 0.264 e. The van der Waals surface area contributed by atoms with Crippen molar-refractivity contribution in [2.75, 3.05) is 25.0 Å². The minimum absolute atomic E-state index is 0.0775. The molecule has 0 bridgehead atoms. The second-order valence-electron chi connectivity index (χ2n) is 8.95. The molecule has 0 aromatic heterocycles. The fourth-order valence-corrected chi connectivity index (χ4v) is 5.75. The van der Waals surface area contributed by atoms with Crippen LogP contribution in [-0.4, -0.2) is 51.9 Å². The Balaban J connectivity index is 2.08. The molecule has 8 nitrogen and oxygen atoms in total. The van der Waals surface area contributed by atoms with Crippen LogP contribution in [0.15, 0.2) is 77.7 Å². The van der Waals surface area contributed by atoms with Crippen LogP contribution >= 0.6 is 0 Å². The number of carbonyl (C=O) groups excluding carboxylic acids is 2. The van der Waals surface area contributed by atoms with Crippen LogP contribution in [0.4, 0.5) is 5.69 Å². The van der Waals surface area contributed by atoms with Crippen LogP contribution < -0.4 is 14.4 Å². The van der Waals surface area contributed by atoms with Crippen molar-refractivity contribution in [2.45, 2.75) is 44.7 Å². The average molecular weight is 538 g/mol. The fraction of sp³-hybridized carbons (Fsp3) is 0.310. The molecule has 0 heterocycles. The normalized spacial score (nSPS) is 11.9. The van der Waals surface area contributed by atoms with E-state index in [9.17, 15) is 18.0 Å². The number of rotatable bonds is 11. The van der Waals surface area contributed by atoms with Gasteiger partial charge < -0.3 is 15.0 Å². The lowest BCUT2D eigenvalue weighted by molar-refractivity contribution is -0.140. The summed E-state index contributed by atoms with van der Waals surface area (Å²) >= 11 is 0. The lowest BCUT2D eigenvalue weighted by atomic mass is 10.1. The lowest BCUT2D eigenvalue weighted by Crippen LogP contribution is -2.51. The molecule has 3 rings (SSSR count). The molecule has 0 saturated heterocycles. The third-order valence-electron chi connectivity index (χ3n) is 6.60. The highest BCUT2D eigenvalue weighted by atomic mass is 32.2. The van der Waals surface area contributed by atoms with E-state index in [2.05, 4.69) is 5.32 Å². The van der Waals surface area contributed by atoms with Crippen molar-refractivity contribution < 1.29 is 22.7 Å². The molecule has 38 heavy (non-hydrogen) atoms. The average Bonchev–Trinajstić information content (AvgIpc) is 2.93. The van der Waals surface area contributed by atoms with E-state index in [0.29, 0.717) is 17.9 Å². The zero-order valence-electron chi connectivity index (χ0n) is 22.5. The lowest BCUT2D eigenvalue weighted by Gasteiger charge is -2.33. The van der Waals surface area contributed by atoms with Gasteiger partial charge in [-0.15, -0.1) is 0 Å².